The van der Waals surface area contributed by atoms with Crippen LogP contribution in [-0.2, 0) is 0 Å². The number of hydrogen-bond donors (Lipinski definition) is 2. The van der Waals surface area contributed by atoms with Crippen LogP contribution in [0.4, 0.5) is 5.69 Å². The highest BCUT2D eigenvalue weighted by molar-refractivity contribution is 5.99. The van der Waals surface area contributed by atoms with Gasteiger partial charge in [-0.25, -0.2) is 4.98 Å². The van der Waals surface area contributed by atoms with Gasteiger partial charge in [0.1, 0.15) is 5.69 Å². The molecule has 4 nitrogen and oxygen atoms in total. The Bertz CT molecular complexity index is 673. The molecule has 0 aliphatic rings. The number of nitrogens with zero attached hydrogens (tertiary/aromatic N) is 1. The lowest BCUT2D eigenvalue weighted by Crippen LogP contribution is -2.34. The monoisotopic (exact) mass is 267 g/mol. The molecule has 20 heavy (non-hydrogen) atoms. The first kappa shape index (κ1) is 13.9. The minimum Gasteiger partial charge on any atom is -0.398 e. The van der Waals surface area contributed by atoms with Crippen LogP contribution in [0.1, 0.15) is 30.3 Å². The largest absolute Gasteiger partial charge is 0.398 e. The molecule has 2 aromatic rings. The van der Waals surface area contributed by atoms with Crippen LogP contribution in [0.2, 0.25) is 0 Å². The highest BCUT2D eigenvalue weighted by atomic mass is 16.1. The molecule has 0 saturated carbocycles. The molecule has 102 valence electrons. The van der Waals surface area contributed by atoms with Crippen LogP contribution in [0.5, 0.6) is 0 Å². The fraction of sp³-hybridized carbons (Fsp3) is 0.250. The van der Waals surface area contributed by atoms with E-state index >= 15 is 0 Å². The number of para-hydroxylation sites is 1. The van der Waals surface area contributed by atoms with Crippen molar-refractivity contribution in [3.05, 3.63) is 36.0 Å². The van der Waals surface area contributed by atoms with Crippen LogP contribution in [-0.4, -0.2) is 16.9 Å². The Hall–Kier alpha value is -2.54. The molecular weight excluding hydrogens is 250 g/mol. The Kier molecular flexibility index (Phi) is 4.21. The molecule has 1 amide bonds. The number of pyridine rings is 1. The van der Waals surface area contributed by atoms with Crippen LogP contribution < -0.4 is 11.1 Å². The Morgan fingerprint density at radius 3 is 2.95 bits per heavy atom. The molecule has 1 atom stereocenters. The molecule has 0 aliphatic carbocycles. The number of terminal acetylenes is 1. The Balaban J connectivity index is 2.29. The minimum absolute atomic E-state index is 0.276. The summed E-state index contributed by atoms with van der Waals surface area (Å²) in [5.41, 5.74) is 7.48. The number of amides is 1. The summed E-state index contributed by atoms with van der Waals surface area (Å²) in [6.45, 7) is 2.02. The fourth-order valence-corrected chi connectivity index (χ4v) is 2.04. The number of nitrogens with one attached hydrogen (secondary N) is 1. The summed E-state index contributed by atoms with van der Waals surface area (Å²) in [7, 11) is 0. The maximum atomic E-state index is 12.2. The number of carbonyl (C=O) groups excluding carboxylic acids is 1. The van der Waals surface area contributed by atoms with Crippen molar-refractivity contribution in [2.24, 2.45) is 0 Å². The standard InChI is InChI=1S/C16H17N3O/c1-3-7-11(4-2)18-16(20)15-10-13(17)12-8-5-6-9-14(12)19-15/h2,5-6,8-11H,3,7H2,1H3,(H2,17,19)(H,18,20). The quantitative estimate of drug-likeness (QED) is 0.835. The van der Waals surface area contributed by atoms with E-state index in [0.29, 0.717) is 11.2 Å². The Morgan fingerprint density at radius 1 is 1.50 bits per heavy atom. The van der Waals surface area contributed by atoms with Crippen molar-refractivity contribution < 1.29 is 4.79 Å². The summed E-state index contributed by atoms with van der Waals surface area (Å²) < 4.78 is 0. The van der Waals surface area contributed by atoms with Crippen molar-refractivity contribution in [2.75, 3.05) is 5.73 Å². The molecule has 1 unspecified atom stereocenters. The van der Waals surface area contributed by atoms with Crippen molar-refractivity contribution in [1.29, 1.82) is 0 Å². The molecule has 0 spiro atoms. The number of nitrogens with two attached hydrogens (primary N) is 1. The minimum atomic E-state index is -0.293. The van der Waals surface area contributed by atoms with Gasteiger partial charge in [-0.3, -0.25) is 4.79 Å². The average molecular weight is 267 g/mol. The van der Waals surface area contributed by atoms with Gasteiger partial charge < -0.3 is 11.1 Å². The zero-order valence-corrected chi connectivity index (χ0v) is 11.4. The van der Waals surface area contributed by atoms with Crippen molar-refractivity contribution in [3.8, 4) is 12.3 Å². The first-order chi connectivity index (χ1) is 9.65. The number of nitrogen functional groups attached to an aromatic ring is 1. The molecule has 4 heteroatoms. The van der Waals surface area contributed by atoms with Crippen molar-refractivity contribution >= 4 is 22.5 Å². The average Bonchev–Trinajstić information content (AvgIpc) is 2.46. The highest BCUT2D eigenvalue weighted by Crippen LogP contribution is 2.20. The number of benzene rings is 1. The SMILES string of the molecule is C#CC(CCC)NC(=O)c1cc(N)c2ccccc2n1. The Morgan fingerprint density at radius 2 is 2.25 bits per heavy atom. The highest BCUT2D eigenvalue weighted by Gasteiger charge is 2.14. The molecule has 0 fully saturated rings. The van der Waals surface area contributed by atoms with Gasteiger partial charge in [-0.1, -0.05) is 37.5 Å². The van der Waals surface area contributed by atoms with Gasteiger partial charge in [0, 0.05) is 11.1 Å². The van der Waals surface area contributed by atoms with Crippen molar-refractivity contribution in [2.45, 2.75) is 25.8 Å². The lowest BCUT2D eigenvalue weighted by atomic mass is 10.1. The van der Waals surface area contributed by atoms with E-state index in [1.165, 1.54) is 0 Å². The molecule has 0 saturated heterocycles. The lowest BCUT2D eigenvalue weighted by Gasteiger charge is -2.12. The van der Waals surface area contributed by atoms with E-state index in [0.717, 1.165) is 18.2 Å². The van der Waals surface area contributed by atoms with Crippen LogP contribution in [0, 0.1) is 12.3 Å². The van der Waals surface area contributed by atoms with E-state index in [9.17, 15) is 4.79 Å². The molecule has 0 aliphatic heterocycles. The van der Waals surface area contributed by atoms with Gasteiger partial charge in [-0.15, -0.1) is 6.42 Å². The summed E-state index contributed by atoms with van der Waals surface area (Å²) >= 11 is 0. The van der Waals surface area contributed by atoms with Crippen LogP contribution in [0.25, 0.3) is 10.9 Å². The number of hydrogen-bond acceptors (Lipinski definition) is 3. The molecule has 0 bridgehead atoms. The molecule has 1 heterocycles. The summed E-state index contributed by atoms with van der Waals surface area (Å²) in [6, 6.07) is 8.75. The van der Waals surface area contributed by atoms with E-state index in [2.05, 4.69) is 16.2 Å². The fourth-order valence-electron chi connectivity index (χ4n) is 2.04. The van der Waals surface area contributed by atoms with Gasteiger partial charge in [0.2, 0.25) is 0 Å². The van der Waals surface area contributed by atoms with Crippen molar-refractivity contribution in [3.63, 3.8) is 0 Å². The third-order valence-corrected chi connectivity index (χ3v) is 3.06. The van der Waals surface area contributed by atoms with E-state index in [1.54, 1.807) is 6.07 Å². The normalized spacial score (nSPS) is 11.8. The first-order valence-electron chi connectivity index (χ1n) is 6.58. The second-order valence-electron chi connectivity index (χ2n) is 4.60. The number of carbonyl (C=O) groups is 1. The van der Waals surface area contributed by atoms with E-state index in [-0.39, 0.29) is 17.6 Å². The van der Waals surface area contributed by atoms with E-state index in [1.807, 2.05) is 31.2 Å². The summed E-state index contributed by atoms with van der Waals surface area (Å²) in [5.74, 6) is 2.27. The number of rotatable bonds is 4. The Labute approximate surface area is 118 Å². The van der Waals surface area contributed by atoms with Gasteiger partial charge in [0.25, 0.3) is 5.91 Å². The van der Waals surface area contributed by atoms with Gasteiger partial charge in [0.15, 0.2) is 0 Å². The smallest absolute Gasteiger partial charge is 0.270 e. The second kappa shape index (κ2) is 6.07. The molecule has 1 aromatic carbocycles. The van der Waals surface area contributed by atoms with E-state index in [4.69, 9.17) is 12.2 Å². The van der Waals surface area contributed by atoms with Crippen LogP contribution >= 0.6 is 0 Å². The number of fused-ring (bicyclic) bond motifs is 1. The molecule has 1 aromatic heterocycles. The molecular formula is C16H17N3O. The van der Waals surface area contributed by atoms with Gasteiger partial charge in [-0.05, 0) is 18.6 Å². The van der Waals surface area contributed by atoms with Gasteiger partial charge in [-0.2, -0.15) is 0 Å². The van der Waals surface area contributed by atoms with Crippen molar-refractivity contribution in [1.82, 2.24) is 10.3 Å². The molecule has 0 radical (unpaired) electrons. The maximum absolute atomic E-state index is 12.2. The summed E-state index contributed by atoms with van der Waals surface area (Å²) in [4.78, 5) is 16.5. The molecule has 2 rings (SSSR count). The zero-order chi connectivity index (χ0) is 14.5. The third-order valence-electron chi connectivity index (χ3n) is 3.06. The predicted molar refractivity (Wildman–Crippen MR) is 81.2 cm³/mol. The first-order valence-corrected chi connectivity index (χ1v) is 6.58. The predicted octanol–water partition coefficient (Wildman–Crippen LogP) is 2.35. The van der Waals surface area contributed by atoms with Crippen LogP contribution in [0.15, 0.2) is 30.3 Å². The summed E-state index contributed by atoms with van der Waals surface area (Å²) in [5, 5.41) is 3.62. The van der Waals surface area contributed by atoms with Crippen LogP contribution in [0.3, 0.4) is 0 Å². The molecule has 3 N–H and O–H groups in total. The van der Waals surface area contributed by atoms with Gasteiger partial charge >= 0.3 is 0 Å². The topological polar surface area (TPSA) is 68.0 Å². The second-order valence-corrected chi connectivity index (χ2v) is 4.60. The summed E-state index contributed by atoms with van der Waals surface area (Å²) in [6.07, 6.45) is 7.04. The maximum Gasteiger partial charge on any atom is 0.270 e. The lowest BCUT2D eigenvalue weighted by molar-refractivity contribution is 0.0939. The number of anilines is 1. The zero-order valence-electron chi connectivity index (χ0n) is 11.4. The van der Waals surface area contributed by atoms with Gasteiger partial charge in [0.05, 0.1) is 11.6 Å². The van der Waals surface area contributed by atoms with E-state index < -0.39 is 0 Å². The third kappa shape index (κ3) is 2.89. The number of aromatic nitrogens is 1.